The number of ether oxygens (including phenoxy) is 1. The molecule has 0 radical (unpaired) electrons. The molecular weight excluding hydrogens is 447 g/mol. The number of hydrogen-bond donors (Lipinski definition) is 2. The number of benzene rings is 2. The van der Waals surface area contributed by atoms with Gasteiger partial charge in [-0.05, 0) is 62.7 Å². The van der Waals surface area contributed by atoms with Crippen molar-refractivity contribution >= 4 is 33.9 Å². The van der Waals surface area contributed by atoms with E-state index in [2.05, 4.69) is 4.98 Å². The van der Waals surface area contributed by atoms with Crippen molar-refractivity contribution in [2.45, 2.75) is 26.8 Å². The summed E-state index contributed by atoms with van der Waals surface area (Å²) in [4.78, 5) is 32.8. The second kappa shape index (κ2) is 8.67. The highest BCUT2D eigenvalue weighted by Crippen LogP contribution is 2.45. The molecule has 2 heterocycles. The number of aryl methyl sites for hydroxylation is 2. The first-order valence-electron chi connectivity index (χ1n) is 10.2. The summed E-state index contributed by atoms with van der Waals surface area (Å²) in [6.45, 7) is 5.70. The van der Waals surface area contributed by atoms with E-state index in [9.17, 15) is 24.2 Å². The number of amides is 1. The Morgan fingerprint density at radius 1 is 1.18 bits per heavy atom. The number of aliphatic hydroxyl groups excluding tert-OH is 1. The zero-order chi connectivity index (χ0) is 23.9. The summed E-state index contributed by atoms with van der Waals surface area (Å²) in [5.74, 6) is -2.60. The number of aliphatic hydroxyl groups is 1. The lowest BCUT2D eigenvalue weighted by Crippen LogP contribution is -2.29. The second-order valence-corrected chi connectivity index (χ2v) is 8.66. The topological polar surface area (TPSA) is 100.0 Å². The lowest BCUT2D eigenvalue weighted by molar-refractivity contribution is -0.132. The van der Waals surface area contributed by atoms with Crippen LogP contribution in [0.2, 0.25) is 0 Å². The maximum absolute atomic E-state index is 13.4. The van der Waals surface area contributed by atoms with E-state index in [0.717, 1.165) is 22.7 Å². The number of hydrogen-bond acceptors (Lipinski definition) is 7. The lowest BCUT2D eigenvalue weighted by atomic mass is 9.95. The molecule has 2 aromatic carbocycles. The van der Waals surface area contributed by atoms with Crippen molar-refractivity contribution < 1.29 is 28.9 Å². The first-order valence-corrected chi connectivity index (χ1v) is 11.0. The summed E-state index contributed by atoms with van der Waals surface area (Å²) < 4.78 is 18.9. The normalized spacial score (nSPS) is 17.6. The second-order valence-electron chi connectivity index (χ2n) is 7.47. The van der Waals surface area contributed by atoms with Gasteiger partial charge in [0, 0.05) is 10.4 Å². The number of Topliss-reactive ketones (excluding diaryl/α,β-unsaturated/α-hetero) is 1. The van der Waals surface area contributed by atoms with Gasteiger partial charge < -0.3 is 14.9 Å². The van der Waals surface area contributed by atoms with Crippen LogP contribution >= 0.6 is 11.3 Å². The number of aromatic nitrogens is 1. The van der Waals surface area contributed by atoms with Crippen LogP contribution in [0.5, 0.6) is 11.5 Å². The van der Waals surface area contributed by atoms with Crippen molar-refractivity contribution in [2.75, 3.05) is 11.5 Å². The van der Waals surface area contributed by atoms with Crippen LogP contribution in [0.25, 0.3) is 5.76 Å². The minimum Gasteiger partial charge on any atom is -0.507 e. The quantitative estimate of drug-likeness (QED) is 0.322. The van der Waals surface area contributed by atoms with Crippen LogP contribution in [-0.2, 0) is 9.59 Å². The summed E-state index contributed by atoms with van der Waals surface area (Å²) in [6, 6.07) is 8.41. The fourth-order valence-corrected chi connectivity index (χ4v) is 4.58. The molecule has 9 heteroatoms. The largest absolute Gasteiger partial charge is 0.507 e. The molecule has 170 valence electrons. The van der Waals surface area contributed by atoms with Crippen molar-refractivity contribution in [2.24, 2.45) is 0 Å². The standard InChI is InChI=1S/C24H21FN2O5S/c1-4-32-18-11-15(7-10-17(18)28)20-19(21(29)14-5-8-16(25)9-6-14)22(30)23(31)27(20)24-26-12(2)13(3)33-24/h5-11,20,28-29H,4H2,1-3H3/t20-/m1/s1. The zero-order valence-corrected chi connectivity index (χ0v) is 18.9. The molecule has 4 rings (SSSR count). The lowest BCUT2D eigenvalue weighted by Gasteiger charge is -2.23. The number of nitrogens with zero attached hydrogens (tertiary/aromatic N) is 2. The molecule has 1 atom stereocenters. The summed E-state index contributed by atoms with van der Waals surface area (Å²) >= 11 is 1.25. The molecule has 1 amide bonds. The monoisotopic (exact) mass is 468 g/mol. The fraction of sp³-hybridized carbons (Fsp3) is 0.208. The third-order valence-corrected chi connectivity index (χ3v) is 6.46. The molecular formula is C24H21FN2O5S. The Morgan fingerprint density at radius 2 is 1.88 bits per heavy atom. The molecule has 0 bridgehead atoms. The van der Waals surface area contributed by atoms with Crippen LogP contribution in [0, 0.1) is 19.7 Å². The third-order valence-electron chi connectivity index (χ3n) is 5.38. The Balaban J connectivity index is 1.96. The molecule has 0 unspecified atom stereocenters. The van der Waals surface area contributed by atoms with E-state index >= 15 is 0 Å². The van der Waals surface area contributed by atoms with Crippen LogP contribution in [0.15, 0.2) is 48.0 Å². The molecule has 1 aliphatic rings. The van der Waals surface area contributed by atoms with Gasteiger partial charge in [-0.2, -0.15) is 0 Å². The van der Waals surface area contributed by atoms with Crippen molar-refractivity contribution in [1.29, 1.82) is 0 Å². The van der Waals surface area contributed by atoms with Crippen LogP contribution in [0.3, 0.4) is 0 Å². The maximum atomic E-state index is 13.4. The van der Waals surface area contributed by atoms with Crippen molar-refractivity contribution in [3.8, 4) is 11.5 Å². The van der Waals surface area contributed by atoms with E-state index in [1.54, 1.807) is 19.9 Å². The highest BCUT2D eigenvalue weighted by atomic mass is 32.1. The van der Waals surface area contributed by atoms with Crippen molar-refractivity contribution in [1.82, 2.24) is 4.98 Å². The van der Waals surface area contributed by atoms with Crippen LogP contribution in [-0.4, -0.2) is 33.5 Å². The number of phenolic OH excluding ortho intramolecular Hbond substituents is 1. The number of aromatic hydroxyl groups is 1. The molecule has 0 saturated carbocycles. The molecule has 3 aromatic rings. The van der Waals surface area contributed by atoms with Gasteiger partial charge in [-0.3, -0.25) is 14.5 Å². The summed E-state index contributed by atoms with van der Waals surface area (Å²) in [6.07, 6.45) is 0. The minimum absolute atomic E-state index is 0.1000. The van der Waals surface area contributed by atoms with E-state index in [4.69, 9.17) is 4.74 Å². The number of carbonyl (C=O) groups is 2. The predicted octanol–water partition coefficient (Wildman–Crippen LogP) is 4.63. The van der Waals surface area contributed by atoms with E-state index in [1.807, 2.05) is 6.92 Å². The zero-order valence-electron chi connectivity index (χ0n) is 18.1. The Morgan fingerprint density at radius 3 is 2.48 bits per heavy atom. The van der Waals surface area contributed by atoms with Crippen LogP contribution in [0.4, 0.5) is 9.52 Å². The van der Waals surface area contributed by atoms with E-state index in [0.29, 0.717) is 10.7 Å². The van der Waals surface area contributed by atoms with Gasteiger partial charge in [-0.25, -0.2) is 9.37 Å². The van der Waals surface area contributed by atoms with Gasteiger partial charge in [0.15, 0.2) is 16.6 Å². The molecule has 0 aliphatic carbocycles. The maximum Gasteiger partial charge on any atom is 0.301 e. The van der Waals surface area contributed by atoms with E-state index in [-0.39, 0.29) is 29.2 Å². The average Bonchev–Trinajstić information content (AvgIpc) is 3.25. The summed E-state index contributed by atoms with van der Waals surface area (Å²) in [5, 5.41) is 21.5. The van der Waals surface area contributed by atoms with Crippen LogP contribution in [0.1, 0.15) is 34.7 Å². The van der Waals surface area contributed by atoms with E-state index < -0.39 is 29.3 Å². The Labute approximate surface area is 193 Å². The van der Waals surface area contributed by atoms with E-state index in [1.165, 1.54) is 40.5 Å². The van der Waals surface area contributed by atoms with Gasteiger partial charge in [-0.15, -0.1) is 11.3 Å². The molecule has 1 fully saturated rings. The summed E-state index contributed by atoms with van der Waals surface area (Å²) in [7, 11) is 0. The van der Waals surface area contributed by atoms with Crippen LogP contribution < -0.4 is 9.64 Å². The number of anilines is 1. The van der Waals surface area contributed by atoms with Gasteiger partial charge in [0.2, 0.25) is 0 Å². The molecule has 33 heavy (non-hydrogen) atoms. The first-order chi connectivity index (χ1) is 15.7. The van der Waals surface area contributed by atoms with Gasteiger partial charge in [0.1, 0.15) is 11.6 Å². The molecule has 7 nitrogen and oxygen atoms in total. The SMILES string of the molecule is CCOc1cc([C@@H]2C(=C(O)c3ccc(F)cc3)C(=O)C(=O)N2c2nc(C)c(C)s2)ccc1O. The molecule has 0 spiro atoms. The highest BCUT2D eigenvalue weighted by Gasteiger charge is 2.48. The van der Waals surface area contributed by atoms with Gasteiger partial charge >= 0.3 is 5.91 Å². The van der Waals surface area contributed by atoms with Crippen molar-refractivity contribution in [3.05, 3.63) is 75.6 Å². The Kier molecular flexibility index (Phi) is 5.90. The highest BCUT2D eigenvalue weighted by molar-refractivity contribution is 7.16. The number of carbonyl (C=O) groups excluding carboxylic acids is 2. The molecule has 2 N–H and O–H groups in total. The Bertz CT molecular complexity index is 1260. The van der Waals surface area contributed by atoms with Crippen molar-refractivity contribution in [3.63, 3.8) is 0 Å². The van der Waals surface area contributed by atoms with Gasteiger partial charge in [0.25, 0.3) is 5.78 Å². The fourth-order valence-electron chi connectivity index (χ4n) is 3.64. The molecule has 1 aromatic heterocycles. The minimum atomic E-state index is -1.03. The predicted molar refractivity (Wildman–Crippen MR) is 122 cm³/mol. The van der Waals surface area contributed by atoms with Gasteiger partial charge in [-0.1, -0.05) is 6.07 Å². The average molecular weight is 469 g/mol. The summed E-state index contributed by atoms with van der Waals surface area (Å²) in [5.41, 5.74) is 1.18. The number of thiazole rings is 1. The number of rotatable bonds is 5. The van der Waals surface area contributed by atoms with Gasteiger partial charge in [0.05, 0.1) is 23.9 Å². The number of halogens is 1. The third kappa shape index (κ3) is 3.95. The molecule has 1 saturated heterocycles. The number of ketones is 1. The first kappa shape index (κ1) is 22.5. The smallest absolute Gasteiger partial charge is 0.301 e. The Hall–Kier alpha value is -3.72. The number of phenols is 1. The molecule has 1 aliphatic heterocycles.